The number of amides is 1. The Morgan fingerprint density at radius 2 is 2.21 bits per heavy atom. The lowest BCUT2D eigenvalue weighted by atomic mass is 10.1. The van der Waals surface area contributed by atoms with Crippen LogP contribution in [0.3, 0.4) is 0 Å². The second kappa shape index (κ2) is 5.07. The molecule has 1 saturated carbocycles. The molecule has 0 radical (unpaired) electrons. The average Bonchev–Trinajstić information content (AvgIpc) is 2.92. The first-order valence-electron chi connectivity index (χ1n) is 7.02. The molecule has 19 heavy (non-hydrogen) atoms. The Balaban J connectivity index is 1.59. The van der Waals surface area contributed by atoms with Crippen molar-refractivity contribution in [3.63, 3.8) is 0 Å². The number of anilines is 1. The highest BCUT2D eigenvalue weighted by atomic mass is 32.1. The monoisotopic (exact) mass is 280 g/mol. The topological polar surface area (TPSA) is 58.1 Å². The lowest BCUT2D eigenvalue weighted by Crippen LogP contribution is -2.34. The number of carbonyl (C=O) groups excluding carboxylic acids is 1. The molecule has 0 aromatic carbocycles. The Morgan fingerprint density at radius 3 is 2.84 bits per heavy atom. The summed E-state index contributed by atoms with van der Waals surface area (Å²) in [6.07, 6.45) is 3.22. The van der Waals surface area contributed by atoms with Crippen LogP contribution in [0.5, 0.6) is 0 Å². The van der Waals surface area contributed by atoms with Crippen molar-refractivity contribution >= 4 is 22.6 Å². The third-order valence-corrected chi connectivity index (χ3v) is 4.49. The van der Waals surface area contributed by atoms with Gasteiger partial charge in [0.25, 0.3) is 0 Å². The highest BCUT2D eigenvalue weighted by Crippen LogP contribution is 2.28. The Hall–Kier alpha value is -1.17. The van der Waals surface area contributed by atoms with Crippen molar-refractivity contribution in [2.45, 2.75) is 45.1 Å². The normalized spacial score (nSPS) is 23.1. The van der Waals surface area contributed by atoms with Crippen LogP contribution >= 0.6 is 11.5 Å². The smallest absolute Gasteiger partial charge is 0.225 e. The van der Waals surface area contributed by atoms with Crippen LogP contribution in [-0.4, -0.2) is 34.4 Å². The molecule has 0 bridgehead atoms. The maximum Gasteiger partial charge on any atom is 0.225 e. The van der Waals surface area contributed by atoms with E-state index in [0.29, 0.717) is 12.0 Å². The Labute approximate surface area is 117 Å². The van der Waals surface area contributed by atoms with Crippen LogP contribution in [0.1, 0.15) is 44.9 Å². The minimum absolute atomic E-state index is 0.118. The molecule has 1 N–H and O–H groups in total. The van der Waals surface area contributed by atoms with E-state index in [2.05, 4.69) is 33.4 Å². The standard InChI is InChI=1S/C13H20N4OS/c1-8(2)11-15-13(19-16-11)17-6-5-9(7-17)12(18)14-10-3-4-10/h8-10H,3-7H2,1-2H3,(H,14,18). The van der Waals surface area contributed by atoms with Gasteiger partial charge in [-0.15, -0.1) is 0 Å². The van der Waals surface area contributed by atoms with E-state index < -0.39 is 0 Å². The number of rotatable bonds is 4. The average molecular weight is 280 g/mol. The van der Waals surface area contributed by atoms with E-state index in [0.717, 1.165) is 43.3 Å². The van der Waals surface area contributed by atoms with Gasteiger partial charge in [0, 0.05) is 36.6 Å². The van der Waals surface area contributed by atoms with Crippen LogP contribution in [0.4, 0.5) is 5.13 Å². The van der Waals surface area contributed by atoms with Gasteiger partial charge in [0.15, 0.2) is 0 Å². The van der Waals surface area contributed by atoms with Gasteiger partial charge in [-0.1, -0.05) is 13.8 Å². The summed E-state index contributed by atoms with van der Waals surface area (Å²) in [6, 6.07) is 0.454. The van der Waals surface area contributed by atoms with Crippen LogP contribution in [0.15, 0.2) is 0 Å². The molecule has 5 nitrogen and oxygen atoms in total. The fourth-order valence-corrected chi connectivity index (χ4v) is 3.13. The SMILES string of the molecule is CC(C)c1nsc(N2CCC(C(=O)NC3CC3)C2)n1. The number of carbonyl (C=O) groups is 1. The van der Waals surface area contributed by atoms with Gasteiger partial charge in [0.1, 0.15) is 5.82 Å². The van der Waals surface area contributed by atoms with Gasteiger partial charge < -0.3 is 10.2 Å². The summed E-state index contributed by atoms with van der Waals surface area (Å²) in [4.78, 5) is 18.8. The molecule has 2 fully saturated rings. The molecule has 1 aliphatic heterocycles. The number of nitrogens with zero attached hydrogens (tertiary/aromatic N) is 3. The molecule has 2 heterocycles. The maximum atomic E-state index is 12.0. The Bertz CT molecular complexity index is 469. The van der Waals surface area contributed by atoms with Crippen LogP contribution < -0.4 is 10.2 Å². The molecule has 1 aromatic heterocycles. The van der Waals surface area contributed by atoms with Crippen LogP contribution in [-0.2, 0) is 4.79 Å². The molecule has 2 aliphatic rings. The van der Waals surface area contributed by atoms with Crippen molar-refractivity contribution in [2.75, 3.05) is 18.0 Å². The van der Waals surface area contributed by atoms with Crippen molar-refractivity contribution in [3.8, 4) is 0 Å². The summed E-state index contributed by atoms with van der Waals surface area (Å²) in [6.45, 7) is 5.89. The van der Waals surface area contributed by atoms with Gasteiger partial charge >= 0.3 is 0 Å². The molecule has 1 amide bonds. The molecule has 6 heteroatoms. The lowest BCUT2D eigenvalue weighted by molar-refractivity contribution is -0.124. The molecule has 0 spiro atoms. The first kappa shape index (κ1) is 12.8. The molecular weight excluding hydrogens is 260 g/mol. The van der Waals surface area contributed by atoms with Crippen molar-refractivity contribution in [1.82, 2.24) is 14.7 Å². The summed E-state index contributed by atoms with van der Waals surface area (Å²) < 4.78 is 4.38. The third-order valence-electron chi connectivity index (χ3n) is 3.70. The molecular formula is C13H20N4OS. The number of hydrogen-bond acceptors (Lipinski definition) is 5. The summed E-state index contributed by atoms with van der Waals surface area (Å²) in [5, 5.41) is 4.06. The summed E-state index contributed by atoms with van der Waals surface area (Å²) >= 11 is 1.45. The van der Waals surface area contributed by atoms with E-state index in [-0.39, 0.29) is 11.8 Å². The van der Waals surface area contributed by atoms with Gasteiger partial charge in [-0.05, 0) is 19.3 Å². The van der Waals surface area contributed by atoms with Gasteiger partial charge in [-0.2, -0.15) is 4.37 Å². The summed E-state index contributed by atoms with van der Waals surface area (Å²) in [5.74, 6) is 1.61. The fourth-order valence-electron chi connectivity index (χ4n) is 2.28. The van der Waals surface area contributed by atoms with E-state index >= 15 is 0 Å². The van der Waals surface area contributed by atoms with Crippen LogP contribution in [0, 0.1) is 5.92 Å². The minimum Gasteiger partial charge on any atom is -0.353 e. The van der Waals surface area contributed by atoms with Crippen molar-refractivity contribution in [2.24, 2.45) is 5.92 Å². The lowest BCUT2D eigenvalue weighted by Gasteiger charge is -2.14. The zero-order chi connectivity index (χ0) is 13.4. The van der Waals surface area contributed by atoms with Gasteiger partial charge in [0.2, 0.25) is 11.0 Å². The Morgan fingerprint density at radius 1 is 1.42 bits per heavy atom. The first-order chi connectivity index (χ1) is 9.13. The highest BCUT2D eigenvalue weighted by molar-refractivity contribution is 7.09. The summed E-state index contributed by atoms with van der Waals surface area (Å²) in [7, 11) is 0. The Kier molecular flexibility index (Phi) is 3.43. The van der Waals surface area contributed by atoms with E-state index in [1.807, 2.05) is 0 Å². The number of hydrogen-bond donors (Lipinski definition) is 1. The molecule has 1 aromatic rings. The van der Waals surface area contributed by atoms with Gasteiger partial charge in [0.05, 0.1) is 5.92 Å². The fraction of sp³-hybridized carbons (Fsp3) is 0.769. The number of aromatic nitrogens is 2. The first-order valence-corrected chi connectivity index (χ1v) is 7.79. The molecule has 1 aliphatic carbocycles. The molecule has 1 saturated heterocycles. The molecule has 1 atom stereocenters. The van der Waals surface area contributed by atoms with Crippen molar-refractivity contribution < 1.29 is 4.79 Å². The van der Waals surface area contributed by atoms with E-state index in [4.69, 9.17) is 0 Å². The zero-order valence-electron chi connectivity index (χ0n) is 11.4. The van der Waals surface area contributed by atoms with Gasteiger partial charge in [-0.3, -0.25) is 4.79 Å². The molecule has 104 valence electrons. The zero-order valence-corrected chi connectivity index (χ0v) is 12.2. The highest BCUT2D eigenvalue weighted by Gasteiger charge is 2.33. The predicted molar refractivity (Wildman–Crippen MR) is 75.5 cm³/mol. The number of nitrogens with one attached hydrogen (secondary N) is 1. The largest absolute Gasteiger partial charge is 0.353 e. The maximum absolute atomic E-state index is 12.0. The van der Waals surface area contributed by atoms with Crippen molar-refractivity contribution in [1.29, 1.82) is 0 Å². The third kappa shape index (κ3) is 2.88. The van der Waals surface area contributed by atoms with Crippen LogP contribution in [0.25, 0.3) is 0 Å². The van der Waals surface area contributed by atoms with Crippen LogP contribution in [0.2, 0.25) is 0 Å². The van der Waals surface area contributed by atoms with E-state index in [9.17, 15) is 4.79 Å². The second-order valence-electron chi connectivity index (χ2n) is 5.80. The van der Waals surface area contributed by atoms with Gasteiger partial charge in [-0.25, -0.2) is 4.98 Å². The second-order valence-corrected chi connectivity index (χ2v) is 6.53. The molecule has 1 unspecified atom stereocenters. The van der Waals surface area contributed by atoms with E-state index in [1.165, 1.54) is 11.5 Å². The quantitative estimate of drug-likeness (QED) is 0.913. The predicted octanol–water partition coefficient (Wildman–Crippen LogP) is 1.77. The van der Waals surface area contributed by atoms with E-state index in [1.54, 1.807) is 0 Å². The minimum atomic E-state index is 0.118. The summed E-state index contributed by atoms with van der Waals surface area (Å²) in [5.41, 5.74) is 0. The molecule has 3 rings (SSSR count). The van der Waals surface area contributed by atoms with Crippen molar-refractivity contribution in [3.05, 3.63) is 5.82 Å².